The first-order chi connectivity index (χ1) is 8.81. The van der Waals surface area contributed by atoms with Crippen molar-refractivity contribution in [3.8, 4) is 0 Å². The maximum absolute atomic E-state index is 6.09. The highest BCUT2D eigenvalue weighted by Crippen LogP contribution is 2.28. The fourth-order valence-electron chi connectivity index (χ4n) is 1.67. The van der Waals surface area contributed by atoms with Crippen LogP contribution in [0.2, 0.25) is 5.02 Å². The smallest absolute Gasteiger partial charge is 0.115 e. The summed E-state index contributed by atoms with van der Waals surface area (Å²) in [5.41, 5.74) is 1.28. The van der Waals surface area contributed by atoms with Crippen molar-refractivity contribution < 1.29 is 0 Å². The molecule has 1 aromatic carbocycles. The molecule has 2 nitrogen and oxygen atoms in total. The lowest BCUT2D eigenvalue weighted by Gasteiger charge is -2.16. The summed E-state index contributed by atoms with van der Waals surface area (Å²) in [6.07, 6.45) is 1.77. The Hall–Kier alpha value is -1.03. The Morgan fingerprint density at radius 2 is 2.00 bits per heavy atom. The molecule has 2 rings (SSSR count). The second-order valence-corrected chi connectivity index (χ2v) is 5.27. The monoisotopic (exact) mass is 278 g/mol. The number of nitrogens with zero attached hydrogens (tertiary/aromatic N) is 1. The second-order valence-electron chi connectivity index (χ2n) is 3.85. The van der Waals surface area contributed by atoms with Crippen molar-refractivity contribution in [3.05, 3.63) is 59.2 Å². The molecule has 0 saturated carbocycles. The van der Waals surface area contributed by atoms with Crippen LogP contribution in [0.25, 0.3) is 0 Å². The van der Waals surface area contributed by atoms with Crippen molar-refractivity contribution in [2.45, 2.75) is 11.1 Å². The number of hydrogen-bond donors (Lipinski definition) is 1. The summed E-state index contributed by atoms with van der Waals surface area (Å²) in [4.78, 5) is 4.28. The van der Waals surface area contributed by atoms with Gasteiger partial charge >= 0.3 is 0 Å². The van der Waals surface area contributed by atoms with E-state index in [1.807, 2.05) is 25.2 Å². The molecule has 1 aromatic heterocycles. The van der Waals surface area contributed by atoms with Gasteiger partial charge in [-0.15, -0.1) is 11.8 Å². The molecule has 1 unspecified atom stereocenters. The summed E-state index contributed by atoms with van der Waals surface area (Å²) in [5, 5.41) is 4.91. The Bertz CT molecular complexity index is 490. The number of hydrogen-bond acceptors (Lipinski definition) is 3. The summed E-state index contributed by atoms with van der Waals surface area (Å²) in [6, 6.07) is 14.4. The number of pyridine rings is 1. The van der Waals surface area contributed by atoms with Crippen LogP contribution < -0.4 is 5.32 Å². The maximum atomic E-state index is 6.09. The Balaban J connectivity index is 2.02. The molecule has 2 aromatic rings. The van der Waals surface area contributed by atoms with Crippen LogP contribution >= 0.6 is 23.4 Å². The topological polar surface area (TPSA) is 24.9 Å². The lowest BCUT2D eigenvalue weighted by Crippen LogP contribution is -2.18. The lowest BCUT2D eigenvalue weighted by molar-refractivity contribution is 0.661. The van der Waals surface area contributed by atoms with E-state index in [0.717, 1.165) is 10.8 Å². The molecule has 1 heterocycles. The van der Waals surface area contributed by atoms with E-state index in [2.05, 4.69) is 34.6 Å². The third kappa shape index (κ3) is 3.48. The normalized spacial score (nSPS) is 12.3. The lowest BCUT2D eigenvalue weighted by atomic mass is 10.1. The third-order valence-electron chi connectivity index (χ3n) is 2.66. The van der Waals surface area contributed by atoms with E-state index in [-0.39, 0.29) is 0 Å². The molecular formula is C14H15ClN2S. The molecule has 0 aliphatic heterocycles. The standard InChI is InChI=1S/C14H15ClN2S/c1-16-13(11-6-3-2-4-7-11)10-18-14-12(15)8-5-9-17-14/h2-9,13,16H,10H2,1H3. The van der Waals surface area contributed by atoms with Crippen LogP contribution in [-0.4, -0.2) is 17.8 Å². The molecule has 0 radical (unpaired) electrons. The van der Waals surface area contributed by atoms with Crippen LogP contribution in [0, 0.1) is 0 Å². The fourth-order valence-corrected chi connectivity index (χ4v) is 2.98. The summed E-state index contributed by atoms with van der Waals surface area (Å²) in [6.45, 7) is 0. The molecule has 94 valence electrons. The van der Waals surface area contributed by atoms with Gasteiger partial charge in [0.2, 0.25) is 0 Å². The molecule has 0 aliphatic carbocycles. The van der Waals surface area contributed by atoms with E-state index in [4.69, 9.17) is 11.6 Å². The van der Waals surface area contributed by atoms with Gasteiger partial charge in [-0.25, -0.2) is 4.98 Å². The highest BCUT2D eigenvalue weighted by atomic mass is 35.5. The van der Waals surface area contributed by atoms with E-state index in [0.29, 0.717) is 11.1 Å². The fraction of sp³-hybridized carbons (Fsp3) is 0.214. The van der Waals surface area contributed by atoms with Gasteiger partial charge in [-0.2, -0.15) is 0 Å². The first-order valence-electron chi connectivity index (χ1n) is 5.77. The van der Waals surface area contributed by atoms with Crippen molar-refractivity contribution in [2.75, 3.05) is 12.8 Å². The summed E-state index contributed by atoms with van der Waals surface area (Å²) in [5.74, 6) is 0.900. The van der Waals surface area contributed by atoms with Gasteiger partial charge in [-0.1, -0.05) is 41.9 Å². The van der Waals surface area contributed by atoms with Crippen LogP contribution in [0.1, 0.15) is 11.6 Å². The Kier molecular flexibility index (Phi) is 5.05. The van der Waals surface area contributed by atoms with E-state index in [1.54, 1.807) is 18.0 Å². The van der Waals surface area contributed by atoms with E-state index >= 15 is 0 Å². The minimum absolute atomic E-state index is 0.300. The largest absolute Gasteiger partial charge is 0.312 e. The average Bonchev–Trinajstić information content (AvgIpc) is 2.42. The molecular weight excluding hydrogens is 264 g/mol. The van der Waals surface area contributed by atoms with Gasteiger partial charge in [0.05, 0.1) is 5.02 Å². The number of nitrogens with one attached hydrogen (secondary N) is 1. The van der Waals surface area contributed by atoms with Crippen molar-refractivity contribution >= 4 is 23.4 Å². The van der Waals surface area contributed by atoms with Gasteiger partial charge in [-0.3, -0.25) is 0 Å². The van der Waals surface area contributed by atoms with E-state index < -0.39 is 0 Å². The van der Waals surface area contributed by atoms with Crippen molar-refractivity contribution in [2.24, 2.45) is 0 Å². The van der Waals surface area contributed by atoms with Gasteiger partial charge in [-0.05, 0) is 24.7 Å². The predicted molar refractivity (Wildman–Crippen MR) is 78.2 cm³/mol. The first kappa shape index (κ1) is 13.4. The molecule has 0 aliphatic rings. The van der Waals surface area contributed by atoms with Gasteiger partial charge in [0.15, 0.2) is 0 Å². The van der Waals surface area contributed by atoms with Crippen LogP contribution in [0.15, 0.2) is 53.7 Å². The zero-order valence-corrected chi connectivity index (χ0v) is 11.7. The third-order valence-corrected chi connectivity index (χ3v) is 4.18. The van der Waals surface area contributed by atoms with E-state index in [1.165, 1.54) is 5.56 Å². The van der Waals surface area contributed by atoms with Crippen LogP contribution in [0.3, 0.4) is 0 Å². The average molecular weight is 279 g/mol. The van der Waals surface area contributed by atoms with Gasteiger partial charge < -0.3 is 5.32 Å². The molecule has 18 heavy (non-hydrogen) atoms. The molecule has 0 bridgehead atoms. The molecule has 0 amide bonds. The van der Waals surface area contributed by atoms with Crippen LogP contribution in [0.4, 0.5) is 0 Å². The number of thioether (sulfide) groups is 1. The van der Waals surface area contributed by atoms with Gasteiger partial charge in [0.25, 0.3) is 0 Å². The Morgan fingerprint density at radius 3 is 2.67 bits per heavy atom. The highest BCUT2D eigenvalue weighted by molar-refractivity contribution is 7.99. The van der Waals surface area contributed by atoms with Gasteiger partial charge in [0.1, 0.15) is 5.03 Å². The minimum atomic E-state index is 0.300. The second kappa shape index (κ2) is 6.78. The Labute approximate surface area is 117 Å². The SMILES string of the molecule is CNC(CSc1ncccc1Cl)c1ccccc1. The van der Waals surface area contributed by atoms with Crippen LogP contribution in [0.5, 0.6) is 0 Å². The maximum Gasteiger partial charge on any atom is 0.115 e. The molecule has 0 spiro atoms. The number of aromatic nitrogens is 1. The molecule has 4 heteroatoms. The number of benzene rings is 1. The molecule has 1 atom stereocenters. The molecule has 1 N–H and O–H groups in total. The summed E-state index contributed by atoms with van der Waals surface area (Å²) < 4.78 is 0. The quantitative estimate of drug-likeness (QED) is 0.843. The summed E-state index contributed by atoms with van der Waals surface area (Å²) >= 11 is 7.76. The van der Waals surface area contributed by atoms with Crippen LogP contribution in [-0.2, 0) is 0 Å². The number of halogens is 1. The first-order valence-corrected chi connectivity index (χ1v) is 7.13. The zero-order chi connectivity index (χ0) is 12.8. The van der Waals surface area contributed by atoms with Gasteiger partial charge in [0, 0.05) is 18.0 Å². The van der Waals surface area contributed by atoms with Crippen molar-refractivity contribution in [1.29, 1.82) is 0 Å². The molecule has 0 saturated heterocycles. The minimum Gasteiger partial charge on any atom is -0.312 e. The van der Waals surface area contributed by atoms with E-state index in [9.17, 15) is 0 Å². The highest BCUT2D eigenvalue weighted by Gasteiger charge is 2.10. The van der Waals surface area contributed by atoms with Crippen molar-refractivity contribution in [1.82, 2.24) is 10.3 Å². The summed E-state index contributed by atoms with van der Waals surface area (Å²) in [7, 11) is 1.97. The zero-order valence-electron chi connectivity index (χ0n) is 10.1. The predicted octanol–water partition coefficient (Wildman–Crippen LogP) is 3.79. The Morgan fingerprint density at radius 1 is 1.22 bits per heavy atom. The number of rotatable bonds is 5. The molecule has 0 fully saturated rings. The van der Waals surface area contributed by atoms with Crippen molar-refractivity contribution in [3.63, 3.8) is 0 Å².